The maximum absolute atomic E-state index is 12.0. The molecule has 0 aliphatic rings. The van der Waals surface area contributed by atoms with E-state index in [-0.39, 0.29) is 11.8 Å². The van der Waals surface area contributed by atoms with Crippen molar-refractivity contribution in [2.45, 2.75) is 19.8 Å². The molecule has 0 aliphatic heterocycles. The number of nitriles is 1. The topological polar surface area (TPSA) is 94.3 Å². The van der Waals surface area contributed by atoms with Gasteiger partial charge in [0.1, 0.15) is 0 Å². The van der Waals surface area contributed by atoms with Gasteiger partial charge in [0.25, 0.3) is 5.91 Å². The van der Waals surface area contributed by atoms with E-state index in [0.29, 0.717) is 23.2 Å². The Bertz CT molecular complexity index is 803. The number of rotatable bonds is 6. The highest BCUT2D eigenvalue weighted by molar-refractivity contribution is 5.96. The molecule has 2 aromatic rings. The van der Waals surface area contributed by atoms with Crippen LogP contribution in [0.25, 0.3) is 0 Å². The van der Waals surface area contributed by atoms with Crippen LogP contribution in [0.4, 0.5) is 5.69 Å². The smallest absolute Gasteiger partial charge is 0.271 e. The summed E-state index contributed by atoms with van der Waals surface area (Å²) in [5, 5.41) is 15.4. The van der Waals surface area contributed by atoms with Crippen LogP contribution in [0.1, 0.15) is 41.3 Å². The summed E-state index contributed by atoms with van der Waals surface area (Å²) >= 11 is 0. The number of nitrogens with one attached hydrogen (secondary N) is 2. The first-order chi connectivity index (χ1) is 12.1. The molecule has 0 spiro atoms. The highest BCUT2D eigenvalue weighted by Gasteiger charge is 2.05. The molecule has 6 heteroatoms. The Hall–Kier alpha value is -3.46. The summed E-state index contributed by atoms with van der Waals surface area (Å²) in [6.45, 7) is 1.94. The molecule has 0 saturated carbocycles. The van der Waals surface area contributed by atoms with E-state index in [4.69, 9.17) is 5.26 Å². The molecular formula is C19H18N4O2. The first-order valence-electron chi connectivity index (χ1n) is 7.86. The van der Waals surface area contributed by atoms with E-state index >= 15 is 0 Å². The molecule has 0 heterocycles. The lowest BCUT2D eigenvalue weighted by Crippen LogP contribution is -2.17. The Morgan fingerprint density at radius 2 is 1.80 bits per heavy atom. The van der Waals surface area contributed by atoms with Crippen LogP contribution in [0.2, 0.25) is 0 Å². The van der Waals surface area contributed by atoms with E-state index in [0.717, 1.165) is 12.0 Å². The van der Waals surface area contributed by atoms with Gasteiger partial charge in [-0.05, 0) is 48.4 Å². The molecule has 25 heavy (non-hydrogen) atoms. The van der Waals surface area contributed by atoms with E-state index in [9.17, 15) is 9.59 Å². The highest BCUT2D eigenvalue weighted by atomic mass is 16.2. The molecule has 0 radical (unpaired) electrons. The molecular weight excluding hydrogens is 316 g/mol. The lowest BCUT2D eigenvalue weighted by molar-refractivity contribution is -0.116. The van der Waals surface area contributed by atoms with E-state index in [1.165, 1.54) is 6.21 Å². The van der Waals surface area contributed by atoms with E-state index < -0.39 is 0 Å². The van der Waals surface area contributed by atoms with Crippen molar-refractivity contribution in [3.8, 4) is 6.07 Å². The number of nitrogens with zero attached hydrogens (tertiary/aromatic N) is 2. The minimum Gasteiger partial charge on any atom is -0.326 e. The predicted octanol–water partition coefficient (Wildman–Crippen LogP) is 3.06. The fourth-order valence-corrected chi connectivity index (χ4v) is 2.03. The zero-order valence-corrected chi connectivity index (χ0v) is 13.8. The molecule has 2 aromatic carbocycles. The van der Waals surface area contributed by atoms with Gasteiger partial charge in [-0.25, -0.2) is 5.43 Å². The second-order valence-corrected chi connectivity index (χ2v) is 5.31. The Morgan fingerprint density at radius 3 is 2.40 bits per heavy atom. The van der Waals surface area contributed by atoms with Crippen LogP contribution >= 0.6 is 0 Å². The average Bonchev–Trinajstić information content (AvgIpc) is 2.63. The van der Waals surface area contributed by atoms with Crippen LogP contribution in [0.3, 0.4) is 0 Å². The van der Waals surface area contributed by atoms with Crippen molar-refractivity contribution < 1.29 is 9.59 Å². The normalized spacial score (nSPS) is 10.2. The Balaban J connectivity index is 1.90. The molecule has 6 nitrogen and oxygen atoms in total. The number of hydrogen-bond donors (Lipinski definition) is 2. The minimum absolute atomic E-state index is 0.0493. The predicted molar refractivity (Wildman–Crippen MR) is 96.2 cm³/mol. The standard InChI is InChI=1S/C19H18N4O2/c1-2-3-18(24)22-17-10-8-16(9-11-17)19(25)23-21-13-15-6-4-14(12-20)5-7-15/h4-11,13H,2-3H2,1H3,(H,22,24)(H,23,25). The second-order valence-electron chi connectivity index (χ2n) is 5.31. The van der Waals surface area contributed by atoms with Crippen LogP contribution in [0.5, 0.6) is 0 Å². The third-order valence-corrected chi connectivity index (χ3v) is 3.33. The van der Waals surface area contributed by atoms with Gasteiger partial charge in [-0.1, -0.05) is 19.1 Å². The van der Waals surface area contributed by atoms with Gasteiger partial charge in [-0.2, -0.15) is 10.4 Å². The average molecular weight is 334 g/mol. The maximum atomic E-state index is 12.0. The van der Waals surface area contributed by atoms with Crippen molar-refractivity contribution in [2.75, 3.05) is 5.32 Å². The van der Waals surface area contributed by atoms with Gasteiger partial charge in [-0.15, -0.1) is 0 Å². The summed E-state index contributed by atoms with van der Waals surface area (Å²) in [7, 11) is 0. The number of carbonyl (C=O) groups excluding carboxylic acids is 2. The second kappa shape index (κ2) is 8.99. The van der Waals surface area contributed by atoms with Gasteiger partial charge in [0.15, 0.2) is 0 Å². The third kappa shape index (κ3) is 5.59. The van der Waals surface area contributed by atoms with Crippen LogP contribution in [-0.4, -0.2) is 18.0 Å². The summed E-state index contributed by atoms with van der Waals surface area (Å²) in [6.07, 6.45) is 2.74. The molecule has 0 fully saturated rings. The first kappa shape index (κ1) is 17.9. The Kier molecular flexibility index (Phi) is 6.43. The van der Waals surface area contributed by atoms with Gasteiger partial charge in [0, 0.05) is 17.7 Å². The first-order valence-corrected chi connectivity index (χ1v) is 7.86. The number of anilines is 1. The molecule has 0 aliphatic carbocycles. The fourth-order valence-electron chi connectivity index (χ4n) is 2.03. The van der Waals surface area contributed by atoms with E-state index in [1.807, 2.05) is 13.0 Å². The third-order valence-electron chi connectivity index (χ3n) is 3.33. The largest absolute Gasteiger partial charge is 0.326 e. The molecule has 2 rings (SSSR count). The number of hydrazone groups is 1. The summed E-state index contributed by atoms with van der Waals surface area (Å²) < 4.78 is 0. The molecule has 0 aromatic heterocycles. The minimum atomic E-state index is -0.351. The van der Waals surface area contributed by atoms with Gasteiger partial charge >= 0.3 is 0 Å². The van der Waals surface area contributed by atoms with Crippen LogP contribution in [-0.2, 0) is 4.79 Å². The molecule has 0 bridgehead atoms. The molecule has 126 valence electrons. The van der Waals surface area contributed by atoms with Crippen molar-refractivity contribution >= 4 is 23.7 Å². The van der Waals surface area contributed by atoms with Crippen LogP contribution in [0, 0.1) is 11.3 Å². The molecule has 2 N–H and O–H groups in total. The maximum Gasteiger partial charge on any atom is 0.271 e. The summed E-state index contributed by atoms with van der Waals surface area (Å²) in [4.78, 5) is 23.5. The highest BCUT2D eigenvalue weighted by Crippen LogP contribution is 2.10. The van der Waals surface area contributed by atoms with Gasteiger partial charge in [0.05, 0.1) is 17.8 Å². The number of carbonyl (C=O) groups is 2. The van der Waals surface area contributed by atoms with Gasteiger partial charge < -0.3 is 5.32 Å². The fraction of sp³-hybridized carbons (Fsp3) is 0.158. The summed E-state index contributed by atoms with van der Waals surface area (Å²) in [5.41, 5.74) is 4.85. The monoisotopic (exact) mass is 334 g/mol. The lowest BCUT2D eigenvalue weighted by Gasteiger charge is -2.05. The SMILES string of the molecule is CCCC(=O)Nc1ccc(C(=O)NN=Cc2ccc(C#N)cc2)cc1. The summed E-state index contributed by atoms with van der Waals surface area (Å²) in [5.74, 6) is -0.400. The van der Waals surface area contributed by atoms with Gasteiger partial charge in [0.2, 0.25) is 5.91 Å². The molecule has 0 unspecified atom stereocenters. The van der Waals surface area contributed by atoms with Crippen LogP contribution < -0.4 is 10.7 Å². The van der Waals surface area contributed by atoms with E-state index in [1.54, 1.807) is 48.5 Å². The Morgan fingerprint density at radius 1 is 1.12 bits per heavy atom. The number of benzene rings is 2. The zero-order chi connectivity index (χ0) is 18.1. The molecule has 2 amide bonds. The lowest BCUT2D eigenvalue weighted by atomic mass is 10.2. The zero-order valence-electron chi connectivity index (χ0n) is 13.8. The Labute approximate surface area is 146 Å². The van der Waals surface area contributed by atoms with Crippen molar-refractivity contribution in [3.63, 3.8) is 0 Å². The van der Waals surface area contributed by atoms with Crippen molar-refractivity contribution in [3.05, 3.63) is 65.2 Å². The van der Waals surface area contributed by atoms with Crippen molar-refractivity contribution in [1.82, 2.24) is 5.43 Å². The van der Waals surface area contributed by atoms with Crippen LogP contribution in [0.15, 0.2) is 53.6 Å². The molecule has 0 atom stereocenters. The number of amides is 2. The molecule has 0 saturated heterocycles. The summed E-state index contributed by atoms with van der Waals surface area (Å²) in [6, 6.07) is 15.4. The van der Waals surface area contributed by atoms with Crippen molar-refractivity contribution in [2.24, 2.45) is 5.10 Å². The van der Waals surface area contributed by atoms with Crippen molar-refractivity contribution in [1.29, 1.82) is 5.26 Å². The van der Waals surface area contributed by atoms with Gasteiger partial charge in [-0.3, -0.25) is 9.59 Å². The number of hydrogen-bond acceptors (Lipinski definition) is 4. The van der Waals surface area contributed by atoms with E-state index in [2.05, 4.69) is 15.8 Å². The quantitative estimate of drug-likeness (QED) is 0.628.